The Balaban J connectivity index is 1.64. The predicted molar refractivity (Wildman–Crippen MR) is 143 cm³/mol. The van der Waals surface area contributed by atoms with Gasteiger partial charge in [-0.25, -0.2) is 4.98 Å². The number of aromatic amines is 2. The Labute approximate surface area is 202 Å². The Morgan fingerprint density at radius 3 is 2.65 bits per heavy atom. The van der Waals surface area contributed by atoms with Crippen molar-refractivity contribution in [2.75, 3.05) is 14.1 Å². The van der Waals surface area contributed by atoms with Crippen molar-refractivity contribution < 1.29 is 0 Å². The number of aromatic nitrogens is 5. The highest BCUT2D eigenvalue weighted by molar-refractivity contribution is 7.13. The predicted octanol–water partition coefficient (Wildman–Crippen LogP) is 6.65. The highest BCUT2D eigenvalue weighted by Crippen LogP contribution is 2.34. The van der Waals surface area contributed by atoms with Gasteiger partial charge in [-0.1, -0.05) is 24.3 Å². The summed E-state index contributed by atoms with van der Waals surface area (Å²) in [4.78, 5) is 16.4. The Morgan fingerprint density at radius 2 is 1.91 bits per heavy atom. The van der Waals surface area contributed by atoms with E-state index in [1.165, 1.54) is 0 Å². The van der Waals surface area contributed by atoms with Crippen molar-refractivity contribution in [2.24, 2.45) is 0 Å². The zero-order valence-corrected chi connectivity index (χ0v) is 20.5. The zero-order valence-electron chi connectivity index (χ0n) is 19.7. The van der Waals surface area contributed by atoms with Gasteiger partial charge in [0.25, 0.3) is 0 Å². The maximum atomic E-state index is 5.02. The van der Waals surface area contributed by atoms with E-state index in [-0.39, 0.29) is 0 Å². The molecule has 0 bridgehead atoms. The highest BCUT2D eigenvalue weighted by atomic mass is 32.1. The fourth-order valence-corrected chi connectivity index (χ4v) is 4.58. The molecule has 5 aromatic rings. The number of nitrogens with one attached hydrogen (secondary N) is 2. The molecular formula is C27H26N6S. The minimum Gasteiger partial charge on any atom is -0.381 e. The van der Waals surface area contributed by atoms with Crippen molar-refractivity contribution >= 4 is 38.8 Å². The zero-order chi connectivity index (χ0) is 23.8. The molecule has 0 saturated carbocycles. The summed E-state index contributed by atoms with van der Waals surface area (Å²) in [5, 5.41) is 10.9. The average molecular weight is 467 g/mol. The topological polar surface area (TPSA) is 73.5 Å². The van der Waals surface area contributed by atoms with Crippen LogP contribution in [0.4, 0.5) is 0 Å². The van der Waals surface area contributed by atoms with Gasteiger partial charge in [0, 0.05) is 42.5 Å². The summed E-state index contributed by atoms with van der Waals surface area (Å²) in [7, 11) is 4.06. The molecule has 0 aliphatic carbocycles. The molecule has 7 heteroatoms. The van der Waals surface area contributed by atoms with Gasteiger partial charge in [-0.15, -0.1) is 11.3 Å². The molecule has 5 aromatic heterocycles. The normalized spacial score (nSPS) is 12.6. The Kier molecular flexibility index (Phi) is 5.63. The summed E-state index contributed by atoms with van der Waals surface area (Å²) < 4.78 is 0. The first-order chi connectivity index (χ1) is 16.4. The van der Waals surface area contributed by atoms with Crippen molar-refractivity contribution in [3.63, 3.8) is 0 Å². The Morgan fingerprint density at radius 1 is 1.06 bits per heavy atom. The molecule has 5 rings (SSSR count). The molecule has 0 unspecified atom stereocenters. The minimum absolute atomic E-state index is 0.785. The molecule has 0 spiro atoms. The first kappa shape index (κ1) is 21.9. The van der Waals surface area contributed by atoms with Crippen molar-refractivity contribution in [1.29, 1.82) is 0 Å². The molecule has 0 aromatic carbocycles. The molecule has 0 saturated heterocycles. The molecule has 34 heavy (non-hydrogen) atoms. The summed E-state index contributed by atoms with van der Waals surface area (Å²) in [5.41, 5.74) is 9.37. The van der Waals surface area contributed by atoms with Crippen LogP contribution in [0.2, 0.25) is 0 Å². The number of H-pyrrole nitrogens is 2. The molecular weight excluding hydrogens is 440 g/mol. The van der Waals surface area contributed by atoms with E-state index in [0.29, 0.717) is 0 Å². The standard InChI is InChI=1S/C27H26N6S/c1-16(2)13-18(14-17(3)33(4)5)20-8-9-22-26(30-20)27(32-31-22)23-15-19-21(29-23)10-11-28-25(19)24-7-6-12-34-24/h6-15,29H,1H2,2-5H3,(H,31,32)/b17-14+,18-13+. The average Bonchev–Trinajstić information content (AvgIpc) is 3.56. The van der Waals surface area contributed by atoms with E-state index in [0.717, 1.165) is 66.4 Å². The van der Waals surface area contributed by atoms with Crippen LogP contribution >= 0.6 is 11.3 Å². The van der Waals surface area contributed by atoms with E-state index in [2.05, 4.69) is 68.2 Å². The monoisotopic (exact) mass is 466 g/mol. The smallest absolute Gasteiger partial charge is 0.135 e. The van der Waals surface area contributed by atoms with Crippen LogP contribution in [0, 0.1) is 0 Å². The van der Waals surface area contributed by atoms with Crippen molar-refractivity contribution in [3.8, 4) is 22.0 Å². The molecule has 6 nitrogen and oxygen atoms in total. The maximum absolute atomic E-state index is 5.02. The Hall–Kier alpha value is -3.97. The lowest BCUT2D eigenvalue weighted by molar-refractivity contribution is 0.514. The molecule has 0 fully saturated rings. The quantitative estimate of drug-likeness (QED) is 0.275. The number of rotatable bonds is 6. The summed E-state index contributed by atoms with van der Waals surface area (Å²) in [6.07, 6.45) is 6.03. The number of hydrogen-bond acceptors (Lipinski definition) is 5. The van der Waals surface area contributed by atoms with Crippen LogP contribution in [0.1, 0.15) is 19.5 Å². The first-order valence-corrected chi connectivity index (χ1v) is 11.9. The molecule has 0 aliphatic rings. The van der Waals surface area contributed by atoms with Crippen LogP contribution in [-0.4, -0.2) is 44.1 Å². The van der Waals surface area contributed by atoms with Crippen LogP contribution in [0.15, 0.2) is 78.0 Å². The lowest BCUT2D eigenvalue weighted by Gasteiger charge is -2.14. The molecule has 0 amide bonds. The summed E-state index contributed by atoms with van der Waals surface area (Å²) >= 11 is 1.68. The molecule has 2 N–H and O–H groups in total. The number of hydrogen-bond donors (Lipinski definition) is 2. The van der Waals surface area contributed by atoms with Gasteiger partial charge in [-0.2, -0.15) is 5.10 Å². The van der Waals surface area contributed by atoms with E-state index in [9.17, 15) is 0 Å². The summed E-state index contributed by atoms with van der Waals surface area (Å²) in [6.45, 7) is 8.14. The number of nitrogens with zero attached hydrogens (tertiary/aromatic N) is 4. The van der Waals surface area contributed by atoms with Crippen LogP contribution in [0.5, 0.6) is 0 Å². The van der Waals surface area contributed by atoms with Gasteiger partial charge >= 0.3 is 0 Å². The van der Waals surface area contributed by atoms with E-state index in [4.69, 9.17) is 4.98 Å². The lowest BCUT2D eigenvalue weighted by Crippen LogP contribution is -2.08. The minimum atomic E-state index is 0.785. The van der Waals surface area contributed by atoms with Crippen molar-refractivity contribution in [1.82, 2.24) is 30.0 Å². The fourth-order valence-electron chi connectivity index (χ4n) is 3.85. The molecule has 0 radical (unpaired) electrons. The number of fused-ring (bicyclic) bond motifs is 2. The van der Waals surface area contributed by atoms with Gasteiger partial charge in [-0.05, 0) is 55.6 Å². The molecule has 170 valence electrons. The number of allylic oxidation sites excluding steroid dienone is 5. The van der Waals surface area contributed by atoms with Gasteiger partial charge in [0.05, 0.1) is 27.5 Å². The second kappa shape index (κ2) is 8.76. The summed E-state index contributed by atoms with van der Waals surface area (Å²) in [5.74, 6) is 0. The van der Waals surface area contributed by atoms with Gasteiger partial charge < -0.3 is 9.88 Å². The van der Waals surface area contributed by atoms with E-state index >= 15 is 0 Å². The Bertz CT molecular complexity index is 1560. The second-order valence-corrected chi connectivity index (χ2v) is 9.52. The molecule has 5 heterocycles. The third kappa shape index (κ3) is 4.06. The molecule has 0 atom stereocenters. The summed E-state index contributed by atoms with van der Waals surface area (Å²) in [6, 6.07) is 12.3. The third-order valence-electron chi connectivity index (χ3n) is 5.73. The van der Waals surface area contributed by atoms with Gasteiger partial charge in [0.1, 0.15) is 11.2 Å². The first-order valence-electron chi connectivity index (χ1n) is 11.0. The van der Waals surface area contributed by atoms with Crippen LogP contribution in [-0.2, 0) is 0 Å². The van der Waals surface area contributed by atoms with Gasteiger partial charge in [0.2, 0.25) is 0 Å². The molecule has 0 aliphatic heterocycles. The second-order valence-electron chi connectivity index (χ2n) is 8.57. The van der Waals surface area contributed by atoms with E-state index in [1.807, 2.05) is 51.5 Å². The van der Waals surface area contributed by atoms with Gasteiger partial charge in [-0.3, -0.25) is 10.1 Å². The maximum Gasteiger partial charge on any atom is 0.135 e. The van der Waals surface area contributed by atoms with Crippen LogP contribution in [0.25, 0.3) is 49.5 Å². The largest absolute Gasteiger partial charge is 0.381 e. The highest BCUT2D eigenvalue weighted by Gasteiger charge is 2.16. The van der Waals surface area contributed by atoms with E-state index in [1.54, 1.807) is 11.3 Å². The lowest BCUT2D eigenvalue weighted by atomic mass is 10.1. The fraction of sp³-hybridized carbons (Fsp3) is 0.148. The number of pyridine rings is 2. The third-order valence-corrected chi connectivity index (χ3v) is 6.61. The number of thiophene rings is 1. The van der Waals surface area contributed by atoms with Crippen LogP contribution < -0.4 is 0 Å². The van der Waals surface area contributed by atoms with Crippen LogP contribution in [0.3, 0.4) is 0 Å². The van der Waals surface area contributed by atoms with Crippen molar-refractivity contribution in [3.05, 3.63) is 83.7 Å². The van der Waals surface area contributed by atoms with E-state index < -0.39 is 0 Å². The SMILES string of the molecule is C=C(C)/C=C(\C=C(/C)N(C)C)c1ccc2[nH]nc(-c3cc4c(-c5cccs5)nccc4[nH]3)c2n1. The van der Waals surface area contributed by atoms with Gasteiger partial charge in [0.15, 0.2) is 0 Å². The van der Waals surface area contributed by atoms with Crippen molar-refractivity contribution in [2.45, 2.75) is 13.8 Å².